The highest BCUT2D eigenvalue weighted by atomic mass is 16.3. The van der Waals surface area contributed by atoms with Crippen molar-refractivity contribution in [3.8, 4) is 5.75 Å². The lowest BCUT2D eigenvalue weighted by atomic mass is 10.1. The van der Waals surface area contributed by atoms with Crippen molar-refractivity contribution >= 4 is 17.0 Å². The van der Waals surface area contributed by atoms with Crippen molar-refractivity contribution in [2.45, 2.75) is 32.4 Å². The second-order valence-corrected chi connectivity index (χ2v) is 7.48. The van der Waals surface area contributed by atoms with Crippen LogP contribution in [0.1, 0.15) is 24.2 Å². The smallest absolute Gasteiger partial charge is 0.204 e. The van der Waals surface area contributed by atoms with Gasteiger partial charge in [0.1, 0.15) is 11.4 Å². The van der Waals surface area contributed by atoms with Gasteiger partial charge in [0.2, 0.25) is 5.95 Å². The molecule has 0 aliphatic carbocycles. The third kappa shape index (κ3) is 3.95. The highest BCUT2D eigenvalue weighted by Gasteiger charge is 2.21. The van der Waals surface area contributed by atoms with Gasteiger partial charge in [-0.1, -0.05) is 12.1 Å². The maximum absolute atomic E-state index is 10.3. The third-order valence-corrected chi connectivity index (χ3v) is 5.42. The Morgan fingerprint density at radius 1 is 1.14 bits per heavy atom. The number of nitrogens with one attached hydrogen (secondary N) is 1. The van der Waals surface area contributed by atoms with Crippen LogP contribution >= 0.6 is 0 Å². The zero-order valence-electron chi connectivity index (χ0n) is 16.3. The van der Waals surface area contributed by atoms with Gasteiger partial charge in [-0.3, -0.25) is 4.98 Å². The van der Waals surface area contributed by atoms with Crippen molar-refractivity contribution < 1.29 is 5.11 Å². The van der Waals surface area contributed by atoms with E-state index in [0.29, 0.717) is 24.8 Å². The minimum absolute atomic E-state index is 0.212. The molecule has 1 aromatic carbocycles. The first kappa shape index (κ1) is 18.7. The Bertz CT molecular complexity index is 945. The van der Waals surface area contributed by atoms with Crippen LogP contribution in [0.15, 0.2) is 36.4 Å². The number of aromatic nitrogens is 3. The summed E-state index contributed by atoms with van der Waals surface area (Å²) in [5, 5.41) is 13.9. The van der Waals surface area contributed by atoms with Gasteiger partial charge < -0.3 is 25.6 Å². The Labute approximate surface area is 165 Å². The average molecular weight is 380 g/mol. The van der Waals surface area contributed by atoms with E-state index in [1.165, 1.54) is 0 Å². The number of benzene rings is 1. The molecule has 0 amide bonds. The van der Waals surface area contributed by atoms with Crippen LogP contribution in [0.25, 0.3) is 11.0 Å². The molecule has 28 heavy (non-hydrogen) atoms. The number of aryl methyl sites for hydroxylation is 1. The number of imidazole rings is 1. The van der Waals surface area contributed by atoms with Crippen LogP contribution in [-0.4, -0.2) is 56.8 Å². The summed E-state index contributed by atoms with van der Waals surface area (Å²) >= 11 is 0. The summed E-state index contributed by atoms with van der Waals surface area (Å²) in [6.45, 7) is 6.18. The molecule has 0 saturated carbocycles. The van der Waals surface area contributed by atoms with Crippen molar-refractivity contribution in [1.82, 2.24) is 19.4 Å². The van der Waals surface area contributed by atoms with Crippen LogP contribution < -0.4 is 11.1 Å². The fourth-order valence-corrected chi connectivity index (χ4v) is 3.88. The summed E-state index contributed by atoms with van der Waals surface area (Å²) in [6, 6.07) is 12.0. The van der Waals surface area contributed by atoms with Crippen LogP contribution in [0, 0.1) is 6.92 Å². The second-order valence-electron chi connectivity index (χ2n) is 7.48. The van der Waals surface area contributed by atoms with Gasteiger partial charge in [-0.2, -0.15) is 0 Å². The number of nitrogens with two attached hydrogens (primary N) is 1. The Morgan fingerprint density at radius 2 is 1.93 bits per heavy atom. The Morgan fingerprint density at radius 3 is 2.71 bits per heavy atom. The number of para-hydroxylation sites is 2. The number of rotatable bonds is 6. The maximum Gasteiger partial charge on any atom is 0.204 e. The molecule has 0 atom stereocenters. The summed E-state index contributed by atoms with van der Waals surface area (Å²) in [7, 11) is 0. The number of fused-ring (bicyclic) bond motifs is 1. The molecule has 0 radical (unpaired) electrons. The van der Waals surface area contributed by atoms with E-state index in [-0.39, 0.29) is 5.75 Å². The number of nitrogens with zero attached hydrogens (tertiary/aromatic N) is 4. The molecule has 4 rings (SSSR count). The number of piperidine rings is 1. The molecule has 0 unspecified atom stereocenters. The Kier molecular flexibility index (Phi) is 5.45. The van der Waals surface area contributed by atoms with Gasteiger partial charge in [0, 0.05) is 37.9 Å². The van der Waals surface area contributed by atoms with E-state index in [2.05, 4.69) is 25.8 Å². The number of aromatic hydroxyl groups is 1. The molecule has 1 aliphatic heterocycles. The normalized spacial score (nSPS) is 15.9. The molecule has 1 fully saturated rings. The highest BCUT2D eigenvalue weighted by molar-refractivity contribution is 5.78. The Balaban J connectivity index is 1.60. The fourth-order valence-electron chi connectivity index (χ4n) is 3.88. The van der Waals surface area contributed by atoms with Crippen molar-refractivity contribution in [3.05, 3.63) is 47.8 Å². The number of hydrogen-bond acceptors (Lipinski definition) is 6. The zero-order valence-corrected chi connectivity index (χ0v) is 16.3. The zero-order chi connectivity index (χ0) is 19.5. The van der Waals surface area contributed by atoms with Gasteiger partial charge in [0.15, 0.2) is 0 Å². The lowest BCUT2D eigenvalue weighted by molar-refractivity contribution is 0.224. The molecule has 0 spiro atoms. The van der Waals surface area contributed by atoms with Gasteiger partial charge in [-0.15, -0.1) is 0 Å². The molecule has 1 aliphatic rings. The van der Waals surface area contributed by atoms with E-state index in [1.807, 2.05) is 31.2 Å². The molecular weight excluding hydrogens is 352 g/mol. The number of pyridine rings is 1. The third-order valence-electron chi connectivity index (χ3n) is 5.42. The fraction of sp³-hybridized carbons (Fsp3) is 0.429. The van der Waals surface area contributed by atoms with Gasteiger partial charge in [-0.05, 0) is 44.0 Å². The predicted molar refractivity (Wildman–Crippen MR) is 112 cm³/mol. The summed E-state index contributed by atoms with van der Waals surface area (Å²) < 4.78 is 2.11. The van der Waals surface area contributed by atoms with Crippen LogP contribution in [-0.2, 0) is 6.54 Å². The summed E-state index contributed by atoms with van der Waals surface area (Å²) in [4.78, 5) is 11.8. The lowest BCUT2D eigenvalue weighted by Crippen LogP contribution is -2.41. The summed E-state index contributed by atoms with van der Waals surface area (Å²) in [5.74, 6) is 1.05. The van der Waals surface area contributed by atoms with E-state index in [9.17, 15) is 5.11 Å². The maximum atomic E-state index is 10.3. The van der Waals surface area contributed by atoms with Gasteiger partial charge >= 0.3 is 0 Å². The molecule has 148 valence electrons. The monoisotopic (exact) mass is 380 g/mol. The van der Waals surface area contributed by atoms with Gasteiger partial charge in [-0.25, -0.2) is 4.98 Å². The Hall–Kier alpha value is -2.64. The summed E-state index contributed by atoms with van der Waals surface area (Å²) in [6.07, 6.45) is 2.13. The predicted octanol–water partition coefficient (Wildman–Crippen LogP) is 2.33. The van der Waals surface area contributed by atoms with Crippen LogP contribution in [0.4, 0.5) is 5.95 Å². The summed E-state index contributed by atoms with van der Waals surface area (Å²) in [5.41, 5.74) is 9.20. The van der Waals surface area contributed by atoms with E-state index in [0.717, 1.165) is 55.2 Å². The van der Waals surface area contributed by atoms with Crippen molar-refractivity contribution in [2.75, 3.05) is 31.5 Å². The standard InChI is InChI=1S/C21H28N6O/c1-15-6-7-20(28)18(23-15)14-27-19-5-3-2-4-17(19)25-21(27)24-16-8-11-26(12-9-16)13-10-22/h2-7,16,28H,8-14,22H2,1H3,(H,24,25). The minimum Gasteiger partial charge on any atom is -0.506 e. The molecular formula is C21H28N6O. The van der Waals surface area contributed by atoms with E-state index >= 15 is 0 Å². The minimum atomic E-state index is 0.212. The number of anilines is 1. The number of likely N-dealkylation sites (tertiary alicyclic amines) is 1. The first-order valence-electron chi connectivity index (χ1n) is 9.94. The highest BCUT2D eigenvalue weighted by Crippen LogP contribution is 2.25. The second kappa shape index (κ2) is 8.16. The van der Waals surface area contributed by atoms with Crippen molar-refractivity contribution in [1.29, 1.82) is 0 Å². The molecule has 0 bridgehead atoms. The molecule has 4 N–H and O–H groups in total. The molecule has 2 aromatic heterocycles. The average Bonchev–Trinajstić information content (AvgIpc) is 3.04. The van der Waals surface area contributed by atoms with Crippen LogP contribution in [0.3, 0.4) is 0 Å². The van der Waals surface area contributed by atoms with Crippen molar-refractivity contribution in [3.63, 3.8) is 0 Å². The van der Waals surface area contributed by atoms with Crippen LogP contribution in [0.2, 0.25) is 0 Å². The van der Waals surface area contributed by atoms with Gasteiger partial charge in [0.25, 0.3) is 0 Å². The SMILES string of the molecule is Cc1ccc(O)c(Cn2c(NC3CCN(CCN)CC3)nc3ccccc32)n1. The quantitative estimate of drug-likeness (QED) is 0.608. The van der Waals surface area contributed by atoms with E-state index in [1.54, 1.807) is 6.07 Å². The topological polar surface area (TPSA) is 92.2 Å². The van der Waals surface area contributed by atoms with Crippen LogP contribution in [0.5, 0.6) is 5.75 Å². The molecule has 1 saturated heterocycles. The molecule has 7 heteroatoms. The van der Waals surface area contributed by atoms with E-state index < -0.39 is 0 Å². The number of hydrogen-bond donors (Lipinski definition) is 3. The molecule has 3 heterocycles. The lowest BCUT2D eigenvalue weighted by Gasteiger charge is -2.32. The molecule has 7 nitrogen and oxygen atoms in total. The first-order valence-corrected chi connectivity index (χ1v) is 9.94. The van der Waals surface area contributed by atoms with E-state index in [4.69, 9.17) is 10.7 Å². The first-order chi connectivity index (χ1) is 13.6. The van der Waals surface area contributed by atoms with Gasteiger partial charge in [0.05, 0.1) is 17.6 Å². The molecule has 3 aromatic rings. The van der Waals surface area contributed by atoms with Crippen molar-refractivity contribution in [2.24, 2.45) is 5.73 Å². The largest absolute Gasteiger partial charge is 0.506 e.